The van der Waals surface area contributed by atoms with Crippen LogP contribution in [0.2, 0.25) is 0 Å². The normalized spacial score (nSPS) is 35.9. The Hall–Kier alpha value is -4.07. The van der Waals surface area contributed by atoms with Crippen LogP contribution in [0.3, 0.4) is 0 Å². The highest BCUT2D eigenvalue weighted by molar-refractivity contribution is 7.80. The molecule has 1 saturated carbocycles. The first-order valence-corrected chi connectivity index (χ1v) is 22.8. The first-order chi connectivity index (χ1) is 29.4. The van der Waals surface area contributed by atoms with E-state index in [9.17, 15) is 28.5 Å². The molecule has 6 heterocycles. The number of carbonyl (C=O) groups excluding carboxylic acids is 2. The second-order valence-corrected chi connectivity index (χ2v) is 19.4. The van der Waals surface area contributed by atoms with E-state index in [1.54, 1.807) is 7.11 Å². The second-order valence-electron chi connectivity index (χ2n) is 18.2. The largest absolute Gasteiger partial charge is 0.496 e. The van der Waals surface area contributed by atoms with Crippen LogP contribution < -0.4 is 9.64 Å². The van der Waals surface area contributed by atoms with Crippen molar-refractivity contribution in [2.75, 3.05) is 73.1 Å². The monoisotopic (exact) mass is 880 g/mol. The minimum atomic E-state index is -4.16. The number of nitrogens with one attached hydrogen (secondary N) is 1. The van der Waals surface area contributed by atoms with Gasteiger partial charge < -0.3 is 39.4 Å². The van der Waals surface area contributed by atoms with Gasteiger partial charge in [-0.15, -0.1) is 0 Å². The fourth-order valence-electron chi connectivity index (χ4n) is 13.2. The third kappa shape index (κ3) is 6.20. The third-order valence-electron chi connectivity index (χ3n) is 15.6. The molecule has 2 aromatic carbocycles. The van der Waals surface area contributed by atoms with Crippen molar-refractivity contribution in [1.82, 2.24) is 14.8 Å². The lowest BCUT2D eigenvalue weighted by molar-refractivity contribution is -0.218. The molecule has 338 valence electrons. The highest BCUT2D eigenvalue weighted by Crippen LogP contribution is 2.67. The summed E-state index contributed by atoms with van der Waals surface area (Å²) in [5.41, 5.74) is -1.43. The van der Waals surface area contributed by atoms with Gasteiger partial charge in [-0.25, -0.2) is 4.79 Å². The molecule has 2 saturated heterocycles. The summed E-state index contributed by atoms with van der Waals surface area (Å²) in [7, 11) is 2.88. The SMILES string of the molecule is CC[C@]1(O)C[C@@H]2CN(CCc3c([nH]c4ccccc34)[C@@](C(=O)OC)(c3cc4c(cc3OC)N(C)[C@@H]3C45CCN4CC=C[C@](CC)([C@H]45)[C@@H](O)[C@]3(O)C(=O)OC)C2)C1.COS(=O)(=O)O. The lowest BCUT2D eigenvalue weighted by Crippen LogP contribution is -2.80. The van der Waals surface area contributed by atoms with E-state index in [0.29, 0.717) is 69.5 Å². The lowest BCUT2D eigenvalue weighted by Gasteiger charge is -2.63. The Bertz CT molecular complexity index is 2410. The maximum atomic E-state index is 15.2. The summed E-state index contributed by atoms with van der Waals surface area (Å²) in [5.74, 6) is -0.908. The van der Waals surface area contributed by atoms with E-state index in [-0.39, 0.29) is 12.0 Å². The van der Waals surface area contributed by atoms with E-state index >= 15 is 4.79 Å². The Morgan fingerprint density at radius 3 is 2.31 bits per heavy atom. The Morgan fingerprint density at radius 1 is 0.952 bits per heavy atom. The molecule has 2 bridgehead atoms. The molecule has 3 fully saturated rings. The number of fused-ring (bicyclic) bond motifs is 6. The minimum absolute atomic E-state index is 0.0795. The maximum absolute atomic E-state index is 15.2. The van der Waals surface area contributed by atoms with Crippen molar-refractivity contribution in [3.63, 3.8) is 0 Å². The predicted molar refractivity (Wildman–Crippen MR) is 229 cm³/mol. The number of ether oxygens (including phenoxy) is 3. The number of aromatic amines is 1. The van der Waals surface area contributed by atoms with Gasteiger partial charge in [0.2, 0.25) is 5.60 Å². The summed E-state index contributed by atoms with van der Waals surface area (Å²) in [6.07, 6.45) is 5.82. The first-order valence-electron chi connectivity index (χ1n) is 21.4. The zero-order valence-electron chi connectivity index (χ0n) is 36.5. The number of para-hydroxylation sites is 1. The highest BCUT2D eigenvalue weighted by atomic mass is 32.3. The molecule has 0 radical (unpaired) electrons. The molecule has 3 aromatic rings. The van der Waals surface area contributed by atoms with Crippen LogP contribution in [0.4, 0.5) is 5.69 Å². The van der Waals surface area contributed by atoms with Crippen molar-refractivity contribution in [2.24, 2.45) is 11.3 Å². The number of esters is 2. The number of anilines is 1. The Morgan fingerprint density at radius 2 is 1.66 bits per heavy atom. The van der Waals surface area contributed by atoms with Gasteiger partial charge in [0.25, 0.3) is 0 Å². The van der Waals surface area contributed by atoms with E-state index in [1.807, 2.05) is 62.2 Å². The third-order valence-corrected chi connectivity index (χ3v) is 16.0. The summed E-state index contributed by atoms with van der Waals surface area (Å²) < 4.78 is 47.3. The van der Waals surface area contributed by atoms with Crippen LogP contribution in [0, 0.1) is 11.3 Å². The van der Waals surface area contributed by atoms with Crippen LogP contribution in [0.5, 0.6) is 5.75 Å². The van der Waals surface area contributed by atoms with Crippen molar-refractivity contribution in [1.29, 1.82) is 0 Å². The summed E-state index contributed by atoms with van der Waals surface area (Å²) in [6, 6.07) is 11.1. The first kappa shape index (κ1) is 44.5. The molecule has 0 amide bonds. The van der Waals surface area contributed by atoms with Crippen LogP contribution in [-0.4, -0.2) is 153 Å². The molecule has 17 heteroatoms. The maximum Gasteiger partial charge on any atom is 0.397 e. The summed E-state index contributed by atoms with van der Waals surface area (Å²) in [6.45, 7) is 7.41. The summed E-state index contributed by atoms with van der Waals surface area (Å²) in [4.78, 5) is 39.7. The smallest absolute Gasteiger partial charge is 0.397 e. The van der Waals surface area contributed by atoms with E-state index < -0.39 is 61.9 Å². The summed E-state index contributed by atoms with van der Waals surface area (Å²) >= 11 is 0. The molecule has 6 aliphatic rings. The van der Waals surface area contributed by atoms with Gasteiger partial charge in [0.05, 0.1) is 40.1 Å². The Kier molecular flexibility index (Phi) is 11.2. The average Bonchev–Trinajstić information content (AvgIpc) is 3.93. The minimum Gasteiger partial charge on any atom is -0.496 e. The van der Waals surface area contributed by atoms with Crippen LogP contribution >= 0.6 is 0 Å². The van der Waals surface area contributed by atoms with Crippen molar-refractivity contribution < 1.29 is 56.3 Å². The number of likely N-dealkylation sites (N-methyl/N-ethyl adjacent to an activating group) is 1. The zero-order chi connectivity index (χ0) is 44.8. The fraction of sp³-hybridized carbons (Fsp3) is 0.600. The number of aliphatic hydroxyl groups is 3. The van der Waals surface area contributed by atoms with Gasteiger partial charge in [-0.2, -0.15) is 8.42 Å². The van der Waals surface area contributed by atoms with Gasteiger partial charge in [-0.05, 0) is 74.2 Å². The number of hydrogen-bond donors (Lipinski definition) is 5. The topological polar surface area (TPSA) is 212 Å². The molecular formula is C45H60N4O12S. The molecule has 5 N–H and O–H groups in total. The molecule has 1 aliphatic carbocycles. The number of rotatable bonds is 7. The van der Waals surface area contributed by atoms with Crippen molar-refractivity contribution in [3.8, 4) is 5.75 Å². The number of aliphatic hydroxyl groups excluding tert-OH is 1. The van der Waals surface area contributed by atoms with Crippen molar-refractivity contribution >= 4 is 38.9 Å². The second kappa shape index (κ2) is 15.6. The van der Waals surface area contributed by atoms with Crippen LogP contribution in [0.25, 0.3) is 10.9 Å². The number of aromatic nitrogens is 1. The molecular weight excluding hydrogens is 821 g/mol. The number of nitrogens with zero attached hydrogens (tertiary/aromatic N) is 3. The van der Waals surface area contributed by atoms with Gasteiger partial charge in [0, 0.05) is 84.0 Å². The molecule has 62 heavy (non-hydrogen) atoms. The number of piperidine rings is 1. The molecule has 10 atom stereocenters. The fourth-order valence-corrected chi connectivity index (χ4v) is 13.2. The molecule has 2 unspecified atom stereocenters. The number of hydrogen-bond acceptors (Lipinski definition) is 14. The van der Waals surface area contributed by atoms with Gasteiger partial charge in [-0.1, -0.05) is 44.2 Å². The number of benzene rings is 2. The zero-order valence-corrected chi connectivity index (χ0v) is 37.3. The van der Waals surface area contributed by atoms with Gasteiger partial charge in [0.1, 0.15) is 17.3 Å². The Labute approximate surface area is 362 Å². The van der Waals surface area contributed by atoms with Gasteiger partial charge in [-0.3, -0.25) is 23.3 Å². The van der Waals surface area contributed by atoms with E-state index in [1.165, 1.54) is 14.2 Å². The van der Waals surface area contributed by atoms with Crippen molar-refractivity contribution in [2.45, 2.75) is 92.6 Å². The predicted octanol–water partition coefficient (Wildman–Crippen LogP) is 2.86. The van der Waals surface area contributed by atoms with Crippen LogP contribution in [0.15, 0.2) is 48.6 Å². The molecule has 1 spiro atoms. The standard InChI is InChI=1S/C44H56N4O8.CH4O4S/c1-7-40(52)22-26-23-43(38(50)55-5,34-28(14-18-47(24-26)25-40)27-12-9-10-13-31(27)45-34)30-20-29-32(21-33(30)54-4)46(3)36-42(29)16-19-48-17-11-15-41(8-2,35(42)48)37(49)44(36,53)39(51)56-6;1-5-6(2,3)4/h9-13,15,20-21,26,35-37,45,49,52-53H,7-8,14,16-19,22-25H2,1-6H3;1H3,(H,2,3,4)/t26-,35-,36+,37+,40-,41+,42?,43-,44-;/m0./s1. The molecule has 5 aliphatic heterocycles. The average molecular weight is 881 g/mol. The van der Waals surface area contributed by atoms with Crippen LogP contribution in [-0.2, 0) is 50.9 Å². The van der Waals surface area contributed by atoms with Crippen LogP contribution in [0.1, 0.15) is 68.3 Å². The molecule has 16 nitrogen and oxygen atoms in total. The lowest BCUT2D eigenvalue weighted by atomic mass is 9.47. The summed E-state index contributed by atoms with van der Waals surface area (Å²) in [5, 5.41) is 38.3. The quantitative estimate of drug-likeness (QED) is 0.131. The molecule has 1 aromatic heterocycles. The Balaban J connectivity index is 0.000000825. The highest BCUT2D eigenvalue weighted by Gasteiger charge is 2.79. The van der Waals surface area contributed by atoms with Gasteiger partial charge in [0.15, 0.2) is 0 Å². The van der Waals surface area contributed by atoms with E-state index in [4.69, 9.17) is 18.8 Å². The number of methoxy groups -OCH3 is 3. The van der Waals surface area contributed by atoms with Gasteiger partial charge >= 0.3 is 22.3 Å². The van der Waals surface area contributed by atoms with E-state index in [0.717, 1.165) is 53.6 Å². The van der Waals surface area contributed by atoms with E-state index in [2.05, 4.69) is 31.1 Å². The molecule has 9 rings (SSSR count). The van der Waals surface area contributed by atoms with Crippen molar-refractivity contribution in [3.05, 3.63) is 70.9 Å². The number of carbonyl (C=O) groups is 2. The number of H-pyrrole nitrogens is 1.